The van der Waals surface area contributed by atoms with Gasteiger partial charge in [0, 0.05) is 12.6 Å². The first-order valence-corrected chi connectivity index (χ1v) is 7.28. The van der Waals surface area contributed by atoms with Crippen LogP contribution in [0.1, 0.15) is 64.2 Å². The zero-order chi connectivity index (χ0) is 11.2. The lowest BCUT2D eigenvalue weighted by atomic mass is 10.00. The molecule has 0 aromatic carbocycles. The summed E-state index contributed by atoms with van der Waals surface area (Å²) < 4.78 is 0. The Bertz CT molecular complexity index is 179. The Morgan fingerprint density at radius 2 is 1.44 bits per heavy atom. The lowest BCUT2D eigenvalue weighted by Gasteiger charge is -2.22. The van der Waals surface area contributed by atoms with Crippen molar-refractivity contribution in [3.8, 4) is 0 Å². The van der Waals surface area contributed by atoms with Crippen LogP contribution >= 0.6 is 0 Å². The molecule has 2 heteroatoms. The van der Waals surface area contributed by atoms with Gasteiger partial charge in [0.15, 0.2) is 0 Å². The molecule has 2 aliphatic rings. The number of hydrogen-bond acceptors (Lipinski definition) is 2. The van der Waals surface area contributed by atoms with Crippen LogP contribution in [0.3, 0.4) is 0 Å². The third kappa shape index (κ3) is 3.74. The minimum absolute atomic E-state index is 0.0919. The standard InChI is InChI=1S/C14H27NO/c16-14(12-7-5-6-8-12)11-15-13-9-3-1-2-4-10-13/h12-16H,1-11H2. The van der Waals surface area contributed by atoms with Crippen molar-refractivity contribution in [1.82, 2.24) is 5.32 Å². The molecule has 0 bridgehead atoms. The number of aliphatic hydroxyl groups excluding tert-OH is 1. The van der Waals surface area contributed by atoms with E-state index in [4.69, 9.17) is 0 Å². The highest BCUT2D eigenvalue weighted by Crippen LogP contribution is 2.27. The Morgan fingerprint density at radius 1 is 0.875 bits per heavy atom. The van der Waals surface area contributed by atoms with Gasteiger partial charge in [-0.3, -0.25) is 0 Å². The van der Waals surface area contributed by atoms with Crippen LogP contribution in [0.2, 0.25) is 0 Å². The summed E-state index contributed by atoms with van der Waals surface area (Å²) in [7, 11) is 0. The maximum atomic E-state index is 10.1. The monoisotopic (exact) mass is 225 g/mol. The summed E-state index contributed by atoms with van der Waals surface area (Å²) in [4.78, 5) is 0. The fourth-order valence-corrected chi connectivity index (χ4v) is 3.28. The van der Waals surface area contributed by atoms with Crippen LogP contribution in [0.4, 0.5) is 0 Å². The molecule has 2 rings (SSSR count). The summed E-state index contributed by atoms with van der Waals surface area (Å²) in [5.74, 6) is 0.582. The molecule has 0 saturated heterocycles. The van der Waals surface area contributed by atoms with Gasteiger partial charge < -0.3 is 10.4 Å². The third-order valence-electron chi connectivity index (χ3n) is 4.41. The Morgan fingerprint density at radius 3 is 2.06 bits per heavy atom. The van der Waals surface area contributed by atoms with Gasteiger partial charge in [-0.2, -0.15) is 0 Å². The van der Waals surface area contributed by atoms with E-state index in [0.717, 1.165) is 6.54 Å². The average Bonchev–Trinajstić information content (AvgIpc) is 2.71. The van der Waals surface area contributed by atoms with Crippen LogP contribution in [-0.2, 0) is 0 Å². The molecule has 2 aliphatic carbocycles. The number of aliphatic hydroxyl groups is 1. The second-order valence-electron chi connectivity index (χ2n) is 5.71. The molecule has 94 valence electrons. The fraction of sp³-hybridized carbons (Fsp3) is 1.00. The smallest absolute Gasteiger partial charge is 0.0692 e. The first-order valence-electron chi connectivity index (χ1n) is 7.28. The van der Waals surface area contributed by atoms with Crippen LogP contribution in [0.25, 0.3) is 0 Å². The van der Waals surface area contributed by atoms with E-state index in [2.05, 4.69) is 5.32 Å². The summed E-state index contributed by atoms with van der Waals surface area (Å²) in [6.45, 7) is 0.829. The summed E-state index contributed by atoms with van der Waals surface area (Å²) in [5, 5.41) is 13.7. The molecule has 2 saturated carbocycles. The molecule has 1 unspecified atom stereocenters. The predicted octanol–water partition coefficient (Wildman–Crippen LogP) is 2.85. The Labute approximate surface area is 99.8 Å². The lowest BCUT2D eigenvalue weighted by Crippen LogP contribution is -2.38. The van der Waals surface area contributed by atoms with Gasteiger partial charge in [-0.1, -0.05) is 38.5 Å². The molecule has 0 aliphatic heterocycles. The van der Waals surface area contributed by atoms with Gasteiger partial charge >= 0.3 is 0 Å². The Balaban J connectivity index is 1.64. The van der Waals surface area contributed by atoms with E-state index in [-0.39, 0.29) is 6.10 Å². The van der Waals surface area contributed by atoms with Gasteiger partial charge in [0.25, 0.3) is 0 Å². The van der Waals surface area contributed by atoms with E-state index in [9.17, 15) is 5.11 Å². The van der Waals surface area contributed by atoms with E-state index in [1.807, 2.05) is 0 Å². The van der Waals surface area contributed by atoms with Crippen LogP contribution in [0.15, 0.2) is 0 Å². The molecule has 0 amide bonds. The summed E-state index contributed by atoms with van der Waals surface area (Å²) in [6.07, 6.45) is 13.2. The molecule has 1 atom stereocenters. The van der Waals surface area contributed by atoms with Crippen molar-refractivity contribution < 1.29 is 5.11 Å². The fourth-order valence-electron chi connectivity index (χ4n) is 3.28. The van der Waals surface area contributed by atoms with Gasteiger partial charge in [-0.05, 0) is 31.6 Å². The normalized spacial score (nSPS) is 26.8. The van der Waals surface area contributed by atoms with Crippen LogP contribution in [0.5, 0.6) is 0 Å². The maximum absolute atomic E-state index is 10.1. The maximum Gasteiger partial charge on any atom is 0.0692 e. The minimum Gasteiger partial charge on any atom is -0.392 e. The van der Waals surface area contributed by atoms with Crippen molar-refractivity contribution >= 4 is 0 Å². The highest BCUT2D eigenvalue weighted by Gasteiger charge is 2.23. The largest absolute Gasteiger partial charge is 0.392 e. The topological polar surface area (TPSA) is 32.3 Å². The Kier molecular flexibility index (Phi) is 5.11. The van der Waals surface area contributed by atoms with Gasteiger partial charge in [-0.15, -0.1) is 0 Å². The second kappa shape index (κ2) is 6.61. The molecule has 0 heterocycles. The highest BCUT2D eigenvalue weighted by atomic mass is 16.3. The molecule has 16 heavy (non-hydrogen) atoms. The first-order chi connectivity index (χ1) is 7.86. The number of rotatable bonds is 4. The van der Waals surface area contributed by atoms with Crippen molar-refractivity contribution in [3.63, 3.8) is 0 Å². The zero-order valence-corrected chi connectivity index (χ0v) is 10.5. The molecular weight excluding hydrogens is 198 g/mol. The summed E-state index contributed by atoms with van der Waals surface area (Å²) >= 11 is 0. The van der Waals surface area contributed by atoms with Gasteiger partial charge in [0.1, 0.15) is 0 Å². The van der Waals surface area contributed by atoms with Crippen LogP contribution < -0.4 is 5.32 Å². The average molecular weight is 225 g/mol. The molecular formula is C14H27NO. The van der Waals surface area contributed by atoms with Crippen LogP contribution in [-0.4, -0.2) is 23.8 Å². The van der Waals surface area contributed by atoms with E-state index in [1.165, 1.54) is 64.2 Å². The first kappa shape index (κ1) is 12.4. The summed E-state index contributed by atoms with van der Waals surface area (Å²) in [5.41, 5.74) is 0. The molecule has 2 N–H and O–H groups in total. The quantitative estimate of drug-likeness (QED) is 0.721. The van der Waals surface area contributed by atoms with E-state index in [0.29, 0.717) is 12.0 Å². The second-order valence-corrected chi connectivity index (χ2v) is 5.71. The van der Waals surface area contributed by atoms with Crippen LogP contribution in [0, 0.1) is 5.92 Å². The number of nitrogens with one attached hydrogen (secondary N) is 1. The van der Waals surface area contributed by atoms with E-state index >= 15 is 0 Å². The highest BCUT2D eigenvalue weighted by molar-refractivity contribution is 4.78. The zero-order valence-electron chi connectivity index (χ0n) is 10.5. The van der Waals surface area contributed by atoms with Crippen molar-refractivity contribution in [1.29, 1.82) is 0 Å². The summed E-state index contributed by atoms with van der Waals surface area (Å²) in [6, 6.07) is 0.679. The SMILES string of the molecule is OC(CNC1CCCCCC1)C1CCCC1. The molecule has 0 aromatic rings. The molecule has 0 spiro atoms. The minimum atomic E-state index is -0.0919. The molecule has 0 radical (unpaired) electrons. The molecule has 2 fully saturated rings. The predicted molar refractivity (Wildman–Crippen MR) is 67.5 cm³/mol. The van der Waals surface area contributed by atoms with Crippen molar-refractivity contribution in [2.75, 3.05) is 6.54 Å². The van der Waals surface area contributed by atoms with E-state index < -0.39 is 0 Å². The van der Waals surface area contributed by atoms with Gasteiger partial charge in [-0.25, -0.2) is 0 Å². The van der Waals surface area contributed by atoms with Crippen molar-refractivity contribution in [2.45, 2.75) is 76.4 Å². The molecule has 2 nitrogen and oxygen atoms in total. The van der Waals surface area contributed by atoms with E-state index in [1.54, 1.807) is 0 Å². The van der Waals surface area contributed by atoms with Gasteiger partial charge in [0.05, 0.1) is 6.10 Å². The lowest BCUT2D eigenvalue weighted by molar-refractivity contribution is 0.105. The third-order valence-corrected chi connectivity index (χ3v) is 4.41. The molecule has 0 aromatic heterocycles. The van der Waals surface area contributed by atoms with Crippen molar-refractivity contribution in [2.24, 2.45) is 5.92 Å². The Hall–Kier alpha value is -0.0800. The number of hydrogen-bond donors (Lipinski definition) is 2. The van der Waals surface area contributed by atoms with Gasteiger partial charge in [0.2, 0.25) is 0 Å². The van der Waals surface area contributed by atoms with Crippen molar-refractivity contribution in [3.05, 3.63) is 0 Å².